The minimum Gasteiger partial charge on any atom is -0.358 e. The third-order valence-corrected chi connectivity index (χ3v) is 7.74. The van der Waals surface area contributed by atoms with Crippen LogP contribution in [0.2, 0.25) is 0 Å². The summed E-state index contributed by atoms with van der Waals surface area (Å²) in [5.74, 6) is -0.477. The molecule has 158 valence electrons. The van der Waals surface area contributed by atoms with Crippen LogP contribution in [0.25, 0.3) is 0 Å². The second kappa shape index (κ2) is 8.41. The van der Waals surface area contributed by atoms with Gasteiger partial charge in [-0.3, -0.25) is 4.79 Å². The van der Waals surface area contributed by atoms with Crippen molar-refractivity contribution in [3.8, 4) is 0 Å². The Bertz CT molecular complexity index is 1300. The summed E-state index contributed by atoms with van der Waals surface area (Å²) >= 11 is 16.3. The van der Waals surface area contributed by atoms with Gasteiger partial charge in [0.05, 0.1) is 9.93 Å². The Hall–Kier alpha value is -2.16. The number of hydrogen-bond acceptors (Lipinski definition) is 4. The zero-order valence-corrected chi connectivity index (χ0v) is 19.7. The molecule has 0 bridgehead atoms. The fourth-order valence-corrected chi connectivity index (χ4v) is 5.51. The summed E-state index contributed by atoms with van der Waals surface area (Å²) in [5.41, 5.74) is -0.550. The molecule has 3 aromatic rings. The second-order valence-electron chi connectivity index (χ2n) is 6.80. The van der Waals surface area contributed by atoms with Crippen LogP contribution in [-0.4, -0.2) is 14.2 Å². The Morgan fingerprint density at radius 2 is 1.45 bits per heavy atom. The summed E-state index contributed by atoms with van der Waals surface area (Å²) in [6.07, 6.45) is 0. The van der Waals surface area contributed by atoms with Crippen molar-refractivity contribution in [1.29, 1.82) is 0 Å². The van der Waals surface area contributed by atoms with E-state index < -0.39 is 21.5 Å². The molecule has 1 aliphatic carbocycles. The Balaban J connectivity index is 1.95. The van der Waals surface area contributed by atoms with Gasteiger partial charge in [0, 0.05) is 21.3 Å². The summed E-state index contributed by atoms with van der Waals surface area (Å²) in [7, 11) is -4.07. The van der Waals surface area contributed by atoms with Crippen LogP contribution in [0.1, 0.15) is 15.9 Å². The number of allylic oxidation sites excluding steroid dienone is 1. The lowest BCUT2D eigenvalue weighted by Crippen LogP contribution is -2.54. The van der Waals surface area contributed by atoms with Crippen LogP contribution in [-0.2, 0) is 15.7 Å². The van der Waals surface area contributed by atoms with Crippen LogP contribution in [0.3, 0.4) is 0 Å². The smallest absolute Gasteiger partial charge is 0.243 e. The number of carbonyl (C=O) groups is 1. The van der Waals surface area contributed by atoms with E-state index in [4.69, 9.17) is 23.2 Å². The lowest BCUT2D eigenvalue weighted by atomic mass is 9.86. The molecule has 1 unspecified atom stereocenters. The zero-order chi connectivity index (χ0) is 22.2. The first-order valence-electron chi connectivity index (χ1n) is 9.07. The Morgan fingerprint density at radius 1 is 0.839 bits per heavy atom. The molecule has 3 aromatic carbocycles. The number of ketones is 1. The number of halogens is 3. The number of benzene rings is 3. The quantitative estimate of drug-likeness (QED) is 0.417. The van der Waals surface area contributed by atoms with Crippen LogP contribution in [0.4, 0.5) is 5.69 Å². The highest BCUT2D eigenvalue weighted by Crippen LogP contribution is 2.44. The Morgan fingerprint density at radius 3 is 2.13 bits per heavy atom. The van der Waals surface area contributed by atoms with E-state index in [1.54, 1.807) is 66.7 Å². The molecular formula is C22H15BrCl2N2O3S. The van der Waals surface area contributed by atoms with E-state index in [9.17, 15) is 13.2 Å². The number of carbonyl (C=O) groups excluding carboxylic acids is 1. The maximum atomic E-state index is 13.3. The number of sulfonamides is 1. The molecule has 0 spiro atoms. The number of anilines is 1. The summed E-state index contributed by atoms with van der Waals surface area (Å²) in [6, 6.07) is 21.6. The van der Waals surface area contributed by atoms with Gasteiger partial charge in [-0.05, 0) is 36.4 Å². The highest BCUT2D eigenvalue weighted by molar-refractivity contribution is 9.10. The highest BCUT2D eigenvalue weighted by atomic mass is 79.9. The van der Waals surface area contributed by atoms with Gasteiger partial charge in [-0.2, -0.15) is 4.72 Å². The zero-order valence-electron chi connectivity index (χ0n) is 15.8. The van der Waals surface area contributed by atoms with Crippen LogP contribution < -0.4 is 10.0 Å². The Labute approximate surface area is 198 Å². The van der Waals surface area contributed by atoms with E-state index in [1.807, 2.05) is 0 Å². The first kappa shape index (κ1) is 22.0. The molecule has 0 aromatic heterocycles. The van der Waals surface area contributed by atoms with Crippen molar-refractivity contribution in [2.75, 3.05) is 5.32 Å². The maximum Gasteiger partial charge on any atom is 0.243 e. The molecule has 5 nitrogen and oxygen atoms in total. The lowest BCUT2D eigenvalue weighted by molar-refractivity contribution is 0.103. The van der Waals surface area contributed by atoms with E-state index in [0.717, 1.165) is 4.47 Å². The predicted octanol–water partition coefficient (Wildman–Crippen LogP) is 5.58. The van der Waals surface area contributed by atoms with Crippen LogP contribution in [0, 0.1) is 0 Å². The van der Waals surface area contributed by atoms with Gasteiger partial charge in [0.2, 0.25) is 15.8 Å². The SMILES string of the molecule is O=C1C(Cl)=C(Cl)C(Nc2ccc(Br)cc2)(NS(=O)(=O)c2ccccc2)c2ccccc21. The van der Waals surface area contributed by atoms with E-state index in [1.165, 1.54) is 12.1 Å². The van der Waals surface area contributed by atoms with E-state index in [-0.39, 0.29) is 20.5 Å². The van der Waals surface area contributed by atoms with E-state index in [2.05, 4.69) is 26.0 Å². The summed E-state index contributed by atoms with van der Waals surface area (Å²) < 4.78 is 30.2. The average Bonchev–Trinajstić information content (AvgIpc) is 2.78. The minimum absolute atomic E-state index is 0.0435. The number of rotatable bonds is 5. The second-order valence-corrected chi connectivity index (χ2v) is 10.2. The first-order valence-corrected chi connectivity index (χ1v) is 12.1. The third kappa shape index (κ3) is 4.04. The van der Waals surface area contributed by atoms with Crippen LogP contribution in [0.15, 0.2) is 98.3 Å². The van der Waals surface area contributed by atoms with Crippen molar-refractivity contribution in [2.45, 2.75) is 10.6 Å². The van der Waals surface area contributed by atoms with Crippen molar-refractivity contribution >= 4 is 60.6 Å². The van der Waals surface area contributed by atoms with Gasteiger partial charge in [-0.15, -0.1) is 0 Å². The van der Waals surface area contributed by atoms with E-state index >= 15 is 0 Å². The molecule has 0 saturated heterocycles. The minimum atomic E-state index is -4.07. The molecule has 1 atom stereocenters. The Kier molecular flexibility index (Phi) is 5.98. The van der Waals surface area contributed by atoms with Gasteiger partial charge < -0.3 is 5.32 Å². The molecule has 0 amide bonds. The number of nitrogens with one attached hydrogen (secondary N) is 2. The van der Waals surface area contributed by atoms with Crippen LogP contribution in [0.5, 0.6) is 0 Å². The molecular weight excluding hydrogens is 523 g/mol. The molecule has 4 rings (SSSR count). The fourth-order valence-electron chi connectivity index (χ4n) is 3.37. The predicted molar refractivity (Wildman–Crippen MR) is 126 cm³/mol. The monoisotopic (exact) mass is 536 g/mol. The number of fused-ring (bicyclic) bond motifs is 1. The molecule has 31 heavy (non-hydrogen) atoms. The first-order chi connectivity index (χ1) is 14.7. The van der Waals surface area contributed by atoms with Crippen molar-refractivity contribution in [3.05, 3.63) is 105 Å². The maximum absolute atomic E-state index is 13.3. The molecule has 2 N–H and O–H groups in total. The molecule has 0 heterocycles. The van der Waals surface area contributed by atoms with Crippen molar-refractivity contribution in [1.82, 2.24) is 4.72 Å². The van der Waals surface area contributed by atoms with Gasteiger partial charge in [-0.1, -0.05) is 81.6 Å². The van der Waals surface area contributed by atoms with Gasteiger partial charge in [-0.25, -0.2) is 8.42 Å². The van der Waals surface area contributed by atoms with Crippen molar-refractivity contribution in [3.63, 3.8) is 0 Å². The highest BCUT2D eigenvalue weighted by Gasteiger charge is 2.47. The largest absolute Gasteiger partial charge is 0.358 e. The molecule has 0 saturated carbocycles. The topological polar surface area (TPSA) is 75.3 Å². The summed E-state index contributed by atoms with van der Waals surface area (Å²) in [6.45, 7) is 0. The average molecular weight is 538 g/mol. The van der Waals surface area contributed by atoms with Crippen molar-refractivity contribution < 1.29 is 13.2 Å². The van der Waals surface area contributed by atoms with Gasteiger partial charge in [0.15, 0.2) is 5.66 Å². The van der Waals surface area contributed by atoms with Gasteiger partial charge in [0.1, 0.15) is 5.03 Å². The standard InChI is InChI=1S/C22H15BrCl2N2O3S/c23-14-10-12-15(13-11-14)26-22(27-31(29,30)16-6-2-1-3-7-16)18-9-5-4-8-17(18)20(28)19(24)21(22)25/h1-13,26-27H. The van der Waals surface area contributed by atoms with Gasteiger partial charge >= 0.3 is 0 Å². The summed E-state index contributed by atoms with van der Waals surface area (Å²) in [5, 5.41) is 2.74. The van der Waals surface area contributed by atoms with E-state index in [0.29, 0.717) is 11.3 Å². The van der Waals surface area contributed by atoms with Gasteiger partial charge in [0.25, 0.3) is 0 Å². The number of Topliss-reactive ketones (excluding diaryl/α,β-unsaturated/α-hetero) is 1. The van der Waals surface area contributed by atoms with Crippen LogP contribution >= 0.6 is 39.1 Å². The molecule has 9 heteroatoms. The fraction of sp³-hybridized carbons (Fsp3) is 0.0455. The number of hydrogen-bond donors (Lipinski definition) is 2. The lowest BCUT2D eigenvalue weighted by Gasteiger charge is -2.40. The molecule has 1 aliphatic rings. The third-order valence-electron chi connectivity index (χ3n) is 4.81. The molecule has 0 radical (unpaired) electrons. The molecule has 0 aliphatic heterocycles. The molecule has 0 fully saturated rings. The van der Waals surface area contributed by atoms with Crippen molar-refractivity contribution in [2.24, 2.45) is 0 Å². The summed E-state index contributed by atoms with van der Waals surface area (Å²) in [4.78, 5) is 12.8. The normalized spacial score (nSPS) is 18.6.